The molecule has 3 rings (SSSR count). The first-order chi connectivity index (χ1) is 11.5. The number of benzene rings is 2. The van der Waals surface area contributed by atoms with Crippen LogP contribution in [0.25, 0.3) is 0 Å². The highest BCUT2D eigenvalue weighted by Crippen LogP contribution is 2.32. The molecule has 5 nitrogen and oxygen atoms in total. The van der Waals surface area contributed by atoms with Crippen LogP contribution in [-0.2, 0) is 11.3 Å². The van der Waals surface area contributed by atoms with E-state index < -0.39 is 0 Å². The molecule has 0 aliphatic carbocycles. The Morgan fingerprint density at radius 1 is 1.04 bits per heavy atom. The van der Waals surface area contributed by atoms with E-state index in [1.54, 1.807) is 0 Å². The standard InChI is InChI=1S/C19H22N2O3/c1-12-6-13(2)19(14(3)7-12)21-18(22)10-20-9-15-4-5-16-17(8-15)24-11-23-16/h4-8,20H,9-11H2,1-3H3,(H,21,22). The molecule has 1 aliphatic rings. The van der Waals surface area contributed by atoms with Crippen molar-refractivity contribution in [2.24, 2.45) is 0 Å². The van der Waals surface area contributed by atoms with Crippen LogP contribution in [0.2, 0.25) is 0 Å². The highest BCUT2D eigenvalue weighted by molar-refractivity contribution is 5.93. The van der Waals surface area contributed by atoms with Gasteiger partial charge in [0.05, 0.1) is 6.54 Å². The molecule has 1 heterocycles. The summed E-state index contributed by atoms with van der Waals surface area (Å²) in [6, 6.07) is 9.93. The smallest absolute Gasteiger partial charge is 0.238 e. The Morgan fingerprint density at radius 3 is 2.50 bits per heavy atom. The first kappa shape index (κ1) is 16.3. The third-order valence-corrected chi connectivity index (χ3v) is 3.99. The van der Waals surface area contributed by atoms with Gasteiger partial charge in [0.2, 0.25) is 12.7 Å². The number of fused-ring (bicyclic) bond motifs is 1. The Balaban J connectivity index is 1.53. The van der Waals surface area contributed by atoms with Crippen molar-refractivity contribution >= 4 is 11.6 Å². The van der Waals surface area contributed by atoms with Gasteiger partial charge < -0.3 is 20.1 Å². The summed E-state index contributed by atoms with van der Waals surface area (Å²) in [6.07, 6.45) is 0. The largest absolute Gasteiger partial charge is 0.454 e. The zero-order valence-electron chi connectivity index (χ0n) is 14.2. The molecule has 0 aromatic heterocycles. The molecule has 1 amide bonds. The number of rotatable bonds is 5. The van der Waals surface area contributed by atoms with Crippen molar-refractivity contribution in [3.05, 3.63) is 52.6 Å². The first-order valence-corrected chi connectivity index (χ1v) is 8.00. The molecule has 24 heavy (non-hydrogen) atoms. The molecule has 2 aromatic rings. The van der Waals surface area contributed by atoms with Gasteiger partial charge in [-0.05, 0) is 49.6 Å². The SMILES string of the molecule is Cc1cc(C)c(NC(=O)CNCc2ccc3c(c2)OCO3)c(C)c1. The maximum atomic E-state index is 12.2. The molecule has 126 valence electrons. The molecule has 2 N–H and O–H groups in total. The number of hydrogen-bond donors (Lipinski definition) is 2. The van der Waals surface area contributed by atoms with Crippen molar-refractivity contribution in [1.29, 1.82) is 0 Å². The number of hydrogen-bond acceptors (Lipinski definition) is 4. The van der Waals surface area contributed by atoms with Gasteiger partial charge in [-0.3, -0.25) is 4.79 Å². The van der Waals surface area contributed by atoms with Crippen molar-refractivity contribution in [3.8, 4) is 11.5 Å². The fraction of sp³-hybridized carbons (Fsp3) is 0.316. The zero-order valence-corrected chi connectivity index (χ0v) is 14.2. The topological polar surface area (TPSA) is 59.6 Å². The lowest BCUT2D eigenvalue weighted by molar-refractivity contribution is -0.115. The summed E-state index contributed by atoms with van der Waals surface area (Å²) in [5.74, 6) is 1.47. The molecule has 0 radical (unpaired) electrons. The van der Waals surface area contributed by atoms with Crippen LogP contribution in [0.1, 0.15) is 22.3 Å². The number of anilines is 1. The summed E-state index contributed by atoms with van der Waals surface area (Å²) in [4.78, 5) is 12.2. The van der Waals surface area contributed by atoms with E-state index in [0.717, 1.165) is 33.9 Å². The molecule has 0 atom stereocenters. The Morgan fingerprint density at radius 2 is 1.75 bits per heavy atom. The van der Waals surface area contributed by atoms with Gasteiger partial charge >= 0.3 is 0 Å². The van der Waals surface area contributed by atoms with E-state index in [0.29, 0.717) is 6.54 Å². The number of carbonyl (C=O) groups is 1. The van der Waals surface area contributed by atoms with E-state index in [1.807, 2.05) is 32.0 Å². The third kappa shape index (κ3) is 3.68. The van der Waals surface area contributed by atoms with Crippen LogP contribution in [-0.4, -0.2) is 19.2 Å². The van der Waals surface area contributed by atoms with Crippen LogP contribution >= 0.6 is 0 Å². The van der Waals surface area contributed by atoms with E-state index in [4.69, 9.17) is 9.47 Å². The van der Waals surface area contributed by atoms with E-state index in [9.17, 15) is 4.79 Å². The minimum absolute atomic E-state index is 0.0502. The summed E-state index contributed by atoms with van der Waals surface area (Å²) in [7, 11) is 0. The van der Waals surface area contributed by atoms with Crippen LogP contribution in [0.15, 0.2) is 30.3 Å². The Labute approximate surface area is 142 Å². The summed E-state index contributed by atoms with van der Waals surface area (Å²) in [6.45, 7) is 7.19. The van der Waals surface area contributed by atoms with Crippen LogP contribution < -0.4 is 20.1 Å². The maximum absolute atomic E-state index is 12.2. The van der Waals surface area contributed by atoms with Gasteiger partial charge in [-0.2, -0.15) is 0 Å². The highest BCUT2D eigenvalue weighted by atomic mass is 16.7. The summed E-state index contributed by atoms with van der Waals surface area (Å²) in [5.41, 5.74) is 5.31. The molecule has 0 unspecified atom stereocenters. The highest BCUT2D eigenvalue weighted by Gasteiger charge is 2.13. The molecular formula is C19H22N2O3. The van der Waals surface area contributed by atoms with E-state index in [-0.39, 0.29) is 19.2 Å². The van der Waals surface area contributed by atoms with Gasteiger partial charge in [-0.25, -0.2) is 0 Å². The molecule has 0 bridgehead atoms. The van der Waals surface area contributed by atoms with Gasteiger partial charge in [-0.15, -0.1) is 0 Å². The average Bonchev–Trinajstić information content (AvgIpc) is 2.98. The lowest BCUT2D eigenvalue weighted by atomic mass is 10.1. The van der Waals surface area contributed by atoms with Gasteiger partial charge in [0.1, 0.15) is 0 Å². The molecule has 0 spiro atoms. The molecular weight excluding hydrogens is 304 g/mol. The quantitative estimate of drug-likeness (QED) is 0.886. The maximum Gasteiger partial charge on any atom is 0.238 e. The van der Waals surface area contributed by atoms with Crippen molar-refractivity contribution in [1.82, 2.24) is 5.32 Å². The van der Waals surface area contributed by atoms with Gasteiger partial charge in [0, 0.05) is 12.2 Å². The lowest BCUT2D eigenvalue weighted by Gasteiger charge is -2.13. The van der Waals surface area contributed by atoms with Gasteiger partial charge in [0.15, 0.2) is 11.5 Å². The van der Waals surface area contributed by atoms with E-state index in [2.05, 4.69) is 29.7 Å². The predicted molar refractivity (Wildman–Crippen MR) is 93.6 cm³/mol. The second-order valence-electron chi connectivity index (χ2n) is 6.11. The van der Waals surface area contributed by atoms with Gasteiger partial charge in [0.25, 0.3) is 0 Å². The predicted octanol–water partition coefficient (Wildman–Crippen LogP) is 3.07. The van der Waals surface area contributed by atoms with Crippen molar-refractivity contribution in [3.63, 3.8) is 0 Å². The Hall–Kier alpha value is -2.53. The fourth-order valence-corrected chi connectivity index (χ4v) is 2.93. The number of aryl methyl sites for hydroxylation is 3. The second-order valence-corrected chi connectivity index (χ2v) is 6.11. The van der Waals surface area contributed by atoms with Crippen LogP contribution in [0.3, 0.4) is 0 Å². The van der Waals surface area contributed by atoms with E-state index in [1.165, 1.54) is 5.56 Å². The molecule has 1 aliphatic heterocycles. The van der Waals surface area contributed by atoms with Crippen LogP contribution in [0.4, 0.5) is 5.69 Å². The van der Waals surface area contributed by atoms with Crippen LogP contribution in [0, 0.1) is 20.8 Å². The monoisotopic (exact) mass is 326 g/mol. The second kappa shape index (κ2) is 6.93. The van der Waals surface area contributed by atoms with Crippen molar-refractivity contribution < 1.29 is 14.3 Å². The first-order valence-electron chi connectivity index (χ1n) is 8.00. The number of amides is 1. The van der Waals surface area contributed by atoms with Crippen LogP contribution in [0.5, 0.6) is 11.5 Å². The average molecular weight is 326 g/mol. The summed E-state index contributed by atoms with van der Waals surface area (Å²) >= 11 is 0. The number of nitrogens with one attached hydrogen (secondary N) is 2. The number of ether oxygens (including phenoxy) is 2. The Kier molecular flexibility index (Phi) is 4.71. The molecule has 0 saturated heterocycles. The zero-order chi connectivity index (χ0) is 17.1. The minimum atomic E-state index is -0.0502. The van der Waals surface area contributed by atoms with E-state index >= 15 is 0 Å². The number of carbonyl (C=O) groups excluding carboxylic acids is 1. The Bertz CT molecular complexity index is 748. The summed E-state index contributed by atoms with van der Waals surface area (Å²) in [5, 5.41) is 6.14. The molecule has 2 aromatic carbocycles. The minimum Gasteiger partial charge on any atom is -0.454 e. The lowest BCUT2D eigenvalue weighted by Crippen LogP contribution is -2.28. The summed E-state index contributed by atoms with van der Waals surface area (Å²) < 4.78 is 10.6. The van der Waals surface area contributed by atoms with Crippen molar-refractivity contribution in [2.45, 2.75) is 27.3 Å². The molecule has 0 fully saturated rings. The third-order valence-electron chi connectivity index (χ3n) is 3.99. The van der Waals surface area contributed by atoms with Crippen molar-refractivity contribution in [2.75, 3.05) is 18.7 Å². The fourth-order valence-electron chi connectivity index (χ4n) is 2.93. The normalized spacial score (nSPS) is 12.3. The molecule has 5 heteroatoms. The van der Waals surface area contributed by atoms with Gasteiger partial charge in [-0.1, -0.05) is 23.8 Å². The molecule has 0 saturated carbocycles.